The topological polar surface area (TPSA) is 15.3 Å². The van der Waals surface area contributed by atoms with Gasteiger partial charge in [-0.05, 0) is 31.2 Å². The van der Waals surface area contributed by atoms with Crippen LogP contribution >= 0.6 is 0 Å². The van der Waals surface area contributed by atoms with E-state index in [-0.39, 0.29) is 0 Å². The third kappa shape index (κ3) is 3.98. The number of fused-ring (bicyclic) bond motifs is 1. The van der Waals surface area contributed by atoms with Crippen LogP contribution in [0.2, 0.25) is 0 Å². The largest absolute Gasteiger partial charge is 0.370 e. The first-order valence-corrected chi connectivity index (χ1v) is 8.26. The van der Waals surface area contributed by atoms with E-state index in [1.54, 1.807) is 0 Å². The number of hydrogen-bond donors (Lipinski definition) is 1. The lowest BCUT2D eigenvalue weighted by molar-refractivity contribution is 0.487. The summed E-state index contributed by atoms with van der Waals surface area (Å²) in [6.07, 6.45) is 2.41. The van der Waals surface area contributed by atoms with Gasteiger partial charge in [-0.2, -0.15) is 0 Å². The summed E-state index contributed by atoms with van der Waals surface area (Å²) in [4.78, 5) is 2.47. The molecular weight excluding hydrogens is 256 g/mol. The van der Waals surface area contributed by atoms with E-state index < -0.39 is 0 Å². The molecule has 0 aliphatic heterocycles. The summed E-state index contributed by atoms with van der Waals surface area (Å²) in [7, 11) is 0. The molecule has 0 fully saturated rings. The van der Waals surface area contributed by atoms with Crippen molar-refractivity contribution in [1.82, 2.24) is 5.32 Å². The van der Waals surface area contributed by atoms with Crippen molar-refractivity contribution >= 4 is 16.5 Å². The molecule has 2 heteroatoms. The zero-order chi connectivity index (χ0) is 15.1. The van der Waals surface area contributed by atoms with Crippen LogP contribution in [0.3, 0.4) is 0 Å². The summed E-state index contributed by atoms with van der Waals surface area (Å²) in [6, 6.07) is 15.9. The highest BCUT2D eigenvalue weighted by Gasteiger charge is 2.09. The summed E-state index contributed by atoms with van der Waals surface area (Å²) < 4.78 is 0. The maximum atomic E-state index is 3.66. The molecule has 0 radical (unpaired) electrons. The molecule has 0 aromatic heterocycles. The second-order valence-electron chi connectivity index (χ2n) is 5.55. The standard InChI is InChI=1S/C19H28N2/c1-4-17(5-2)20-14-15-21(6-3)19-13-9-11-16-10-7-8-12-18(16)19/h7-13,17,20H,4-6,14-15H2,1-3H3. The van der Waals surface area contributed by atoms with Crippen molar-refractivity contribution in [3.63, 3.8) is 0 Å². The van der Waals surface area contributed by atoms with E-state index in [1.165, 1.54) is 29.3 Å². The molecule has 0 aliphatic rings. The Morgan fingerprint density at radius 1 is 0.952 bits per heavy atom. The van der Waals surface area contributed by atoms with Crippen molar-refractivity contribution in [1.29, 1.82) is 0 Å². The Morgan fingerprint density at radius 2 is 1.67 bits per heavy atom. The zero-order valence-corrected chi connectivity index (χ0v) is 13.6. The number of anilines is 1. The lowest BCUT2D eigenvalue weighted by Gasteiger charge is -2.26. The van der Waals surface area contributed by atoms with E-state index in [4.69, 9.17) is 0 Å². The molecule has 2 aromatic carbocycles. The summed E-state index contributed by atoms with van der Waals surface area (Å²) in [5, 5.41) is 6.33. The highest BCUT2D eigenvalue weighted by molar-refractivity contribution is 5.94. The Balaban J connectivity index is 2.09. The van der Waals surface area contributed by atoms with Crippen LogP contribution in [0.5, 0.6) is 0 Å². The van der Waals surface area contributed by atoms with Crippen LogP contribution in [0.25, 0.3) is 10.8 Å². The molecule has 0 bridgehead atoms. The Labute approximate surface area is 129 Å². The van der Waals surface area contributed by atoms with Crippen molar-refractivity contribution in [2.24, 2.45) is 0 Å². The van der Waals surface area contributed by atoms with E-state index in [2.05, 4.69) is 73.5 Å². The fourth-order valence-corrected chi connectivity index (χ4v) is 2.91. The third-order valence-electron chi connectivity index (χ3n) is 4.29. The molecule has 21 heavy (non-hydrogen) atoms. The molecule has 2 rings (SSSR count). The number of rotatable bonds is 8. The van der Waals surface area contributed by atoms with Gasteiger partial charge in [0.1, 0.15) is 0 Å². The van der Waals surface area contributed by atoms with E-state index in [1.807, 2.05) is 0 Å². The van der Waals surface area contributed by atoms with Gasteiger partial charge in [0.25, 0.3) is 0 Å². The number of hydrogen-bond acceptors (Lipinski definition) is 2. The molecule has 0 unspecified atom stereocenters. The van der Waals surface area contributed by atoms with Gasteiger partial charge < -0.3 is 10.2 Å². The van der Waals surface area contributed by atoms with Crippen molar-refractivity contribution in [2.45, 2.75) is 39.7 Å². The van der Waals surface area contributed by atoms with E-state index in [9.17, 15) is 0 Å². The highest BCUT2D eigenvalue weighted by atomic mass is 15.1. The SMILES string of the molecule is CCC(CC)NCCN(CC)c1cccc2ccccc12. The van der Waals surface area contributed by atoms with E-state index in [0.29, 0.717) is 6.04 Å². The van der Waals surface area contributed by atoms with E-state index >= 15 is 0 Å². The zero-order valence-electron chi connectivity index (χ0n) is 13.6. The Bertz CT molecular complexity index is 541. The van der Waals surface area contributed by atoms with Crippen LogP contribution in [-0.2, 0) is 0 Å². The Morgan fingerprint density at radius 3 is 2.38 bits per heavy atom. The summed E-state index contributed by atoms with van der Waals surface area (Å²) in [5.74, 6) is 0. The van der Waals surface area contributed by atoms with Gasteiger partial charge in [0.15, 0.2) is 0 Å². The Kier molecular flexibility index (Phi) is 6.06. The second kappa shape index (κ2) is 8.04. The normalized spacial score (nSPS) is 11.2. The smallest absolute Gasteiger partial charge is 0.0446 e. The third-order valence-corrected chi connectivity index (χ3v) is 4.29. The predicted octanol–water partition coefficient (Wildman–Crippen LogP) is 4.44. The van der Waals surface area contributed by atoms with Gasteiger partial charge in [0.2, 0.25) is 0 Å². The molecule has 0 spiro atoms. The van der Waals surface area contributed by atoms with Crippen molar-refractivity contribution in [3.8, 4) is 0 Å². The molecular formula is C19H28N2. The fourth-order valence-electron chi connectivity index (χ4n) is 2.91. The lowest BCUT2D eigenvalue weighted by atomic mass is 10.1. The minimum atomic E-state index is 0.649. The maximum absolute atomic E-state index is 3.66. The van der Waals surface area contributed by atoms with Crippen LogP contribution in [0.1, 0.15) is 33.6 Å². The van der Waals surface area contributed by atoms with Gasteiger partial charge in [-0.15, -0.1) is 0 Å². The molecule has 0 atom stereocenters. The van der Waals surface area contributed by atoms with Gasteiger partial charge >= 0.3 is 0 Å². The highest BCUT2D eigenvalue weighted by Crippen LogP contribution is 2.26. The first-order chi connectivity index (χ1) is 10.3. The van der Waals surface area contributed by atoms with Crippen LogP contribution in [0, 0.1) is 0 Å². The molecule has 0 heterocycles. The fraction of sp³-hybridized carbons (Fsp3) is 0.474. The molecule has 0 aliphatic carbocycles. The molecule has 1 N–H and O–H groups in total. The van der Waals surface area contributed by atoms with Crippen LogP contribution in [-0.4, -0.2) is 25.7 Å². The summed E-state index contributed by atoms with van der Waals surface area (Å²) >= 11 is 0. The van der Waals surface area contributed by atoms with Crippen molar-refractivity contribution in [3.05, 3.63) is 42.5 Å². The molecule has 2 aromatic rings. The minimum absolute atomic E-state index is 0.649. The minimum Gasteiger partial charge on any atom is -0.370 e. The van der Waals surface area contributed by atoms with Gasteiger partial charge in [0.05, 0.1) is 0 Å². The first kappa shape index (κ1) is 15.8. The van der Waals surface area contributed by atoms with Crippen molar-refractivity contribution in [2.75, 3.05) is 24.5 Å². The van der Waals surface area contributed by atoms with Crippen LogP contribution in [0.4, 0.5) is 5.69 Å². The molecule has 114 valence electrons. The number of nitrogens with zero attached hydrogens (tertiary/aromatic N) is 1. The number of nitrogens with one attached hydrogen (secondary N) is 1. The van der Waals surface area contributed by atoms with Gasteiger partial charge in [-0.3, -0.25) is 0 Å². The van der Waals surface area contributed by atoms with Crippen LogP contribution < -0.4 is 10.2 Å². The van der Waals surface area contributed by atoms with Gasteiger partial charge in [-0.25, -0.2) is 0 Å². The average Bonchev–Trinajstić information content (AvgIpc) is 2.55. The predicted molar refractivity (Wildman–Crippen MR) is 94.2 cm³/mol. The number of benzene rings is 2. The van der Waals surface area contributed by atoms with Gasteiger partial charge in [-0.1, -0.05) is 50.2 Å². The monoisotopic (exact) mass is 284 g/mol. The molecule has 0 saturated heterocycles. The second-order valence-corrected chi connectivity index (χ2v) is 5.55. The maximum Gasteiger partial charge on any atom is 0.0446 e. The van der Waals surface area contributed by atoms with E-state index in [0.717, 1.165) is 19.6 Å². The molecule has 0 amide bonds. The molecule has 0 saturated carbocycles. The lowest BCUT2D eigenvalue weighted by Crippen LogP contribution is -2.36. The quantitative estimate of drug-likeness (QED) is 0.770. The van der Waals surface area contributed by atoms with Crippen LogP contribution in [0.15, 0.2) is 42.5 Å². The van der Waals surface area contributed by atoms with Gasteiger partial charge in [0, 0.05) is 36.7 Å². The molecule has 2 nitrogen and oxygen atoms in total. The number of likely N-dealkylation sites (N-methyl/N-ethyl adjacent to an activating group) is 1. The summed E-state index contributed by atoms with van der Waals surface area (Å²) in [5.41, 5.74) is 1.35. The summed E-state index contributed by atoms with van der Waals surface area (Å²) in [6.45, 7) is 9.88. The average molecular weight is 284 g/mol. The first-order valence-electron chi connectivity index (χ1n) is 8.26. The Hall–Kier alpha value is -1.54. The van der Waals surface area contributed by atoms with Crippen molar-refractivity contribution < 1.29 is 0 Å².